The van der Waals surface area contributed by atoms with Crippen LogP contribution in [-0.4, -0.2) is 10.4 Å². The quantitative estimate of drug-likeness (QED) is 0.799. The van der Waals surface area contributed by atoms with Crippen LogP contribution < -0.4 is 5.43 Å². The molecule has 5 heteroatoms. The van der Waals surface area contributed by atoms with E-state index in [1.54, 1.807) is 0 Å². The number of halogens is 2. The predicted molar refractivity (Wildman–Crippen MR) is 58.8 cm³/mol. The molecule has 2 rings (SSSR count). The average molecular weight is 237 g/mol. The van der Waals surface area contributed by atoms with Crippen LogP contribution in [0, 0.1) is 11.6 Å². The zero-order valence-electron chi connectivity index (χ0n) is 9.04. The maximum atomic E-state index is 13.6. The number of benzene rings is 1. The molecule has 0 N–H and O–H groups in total. The maximum Gasteiger partial charge on any atom is 0.189 e. The molecule has 0 spiro atoms. The van der Waals surface area contributed by atoms with Crippen LogP contribution in [-0.2, 0) is 11.3 Å². The molecular weight excluding hydrogens is 228 g/mol. The van der Waals surface area contributed by atoms with E-state index < -0.39 is 17.1 Å². The SMILES string of the molecule is CC(=O)Cn1ccc(=O)c2cc(F)cc(F)c21. The summed E-state index contributed by atoms with van der Waals surface area (Å²) in [5, 5.41) is -0.0637. The molecule has 0 aliphatic heterocycles. The van der Waals surface area contributed by atoms with E-state index >= 15 is 0 Å². The highest BCUT2D eigenvalue weighted by atomic mass is 19.1. The Hall–Kier alpha value is -2.04. The molecule has 0 bridgehead atoms. The molecule has 0 aliphatic carbocycles. The van der Waals surface area contributed by atoms with Gasteiger partial charge in [0.2, 0.25) is 0 Å². The topological polar surface area (TPSA) is 39.1 Å². The van der Waals surface area contributed by atoms with E-state index in [0.29, 0.717) is 6.07 Å². The van der Waals surface area contributed by atoms with Gasteiger partial charge in [-0.25, -0.2) is 8.78 Å². The third-order valence-corrected chi connectivity index (χ3v) is 2.38. The average Bonchev–Trinajstić information content (AvgIpc) is 2.21. The van der Waals surface area contributed by atoms with E-state index in [4.69, 9.17) is 0 Å². The van der Waals surface area contributed by atoms with Crippen molar-refractivity contribution in [3.63, 3.8) is 0 Å². The fourth-order valence-corrected chi connectivity index (χ4v) is 1.74. The number of fused-ring (bicyclic) bond motifs is 1. The standard InChI is InChI=1S/C12H9F2NO2/c1-7(16)6-15-3-2-11(17)9-4-8(13)5-10(14)12(9)15/h2-5H,6H2,1H3. The van der Waals surface area contributed by atoms with Crippen molar-refractivity contribution in [2.45, 2.75) is 13.5 Å². The number of aromatic nitrogens is 1. The molecule has 0 saturated heterocycles. The minimum absolute atomic E-state index is 0.0471. The molecular formula is C12H9F2NO2. The lowest BCUT2D eigenvalue weighted by Gasteiger charge is -2.09. The molecule has 1 aromatic carbocycles. The van der Waals surface area contributed by atoms with Crippen molar-refractivity contribution in [2.75, 3.05) is 0 Å². The zero-order chi connectivity index (χ0) is 12.6. The summed E-state index contributed by atoms with van der Waals surface area (Å²) in [5.41, 5.74) is -0.521. The largest absolute Gasteiger partial charge is 0.337 e. The normalized spacial score (nSPS) is 10.8. The summed E-state index contributed by atoms with van der Waals surface area (Å²) in [6.07, 6.45) is 1.33. The molecule has 0 unspecified atom stereocenters. The third-order valence-electron chi connectivity index (χ3n) is 2.38. The van der Waals surface area contributed by atoms with E-state index in [9.17, 15) is 18.4 Å². The van der Waals surface area contributed by atoms with Crippen molar-refractivity contribution < 1.29 is 13.6 Å². The van der Waals surface area contributed by atoms with Gasteiger partial charge < -0.3 is 4.57 Å². The first-order chi connectivity index (χ1) is 7.99. The van der Waals surface area contributed by atoms with Crippen LogP contribution in [0.25, 0.3) is 10.9 Å². The van der Waals surface area contributed by atoms with Gasteiger partial charge in [0, 0.05) is 18.3 Å². The molecule has 0 fully saturated rings. The molecule has 0 atom stereocenters. The molecule has 3 nitrogen and oxygen atoms in total. The molecule has 17 heavy (non-hydrogen) atoms. The van der Waals surface area contributed by atoms with Crippen LogP contribution in [0.5, 0.6) is 0 Å². The number of rotatable bonds is 2. The lowest BCUT2D eigenvalue weighted by atomic mass is 10.2. The van der Waals surface area contributed by atoms with Crippen LogP contribution in [0.1, 0.15) is 6.92 Å². The van der Waals surface area contributed by atoms with Gasteiger partial charge in [-0.1, -0.05) is 0 Å². The van der Waals surface area contributed by atoms with Crippen LogP contribution in [0.3, 0.4) is 0 Å². The van der Waals surface area contributed by atoms with E-state index in [1.165, 1.54) is 23.8 Å². The first kappa shape index (κ1) is 11.4. The Labute approximate surface area is 95.3 Å². The molecule has 0 amide bonds. The number of nitrogens with zero attached hydrogens (tertiary/aromatic N) is 1. The summed E-state index contributed by atoms with van der Waals surface area (Å²) >= 11 is 0. The fraction of sp³-hybridized carbons (Fsp3) is 0.167. The number of Topliss-reactive ketones (excluding diaryl/α,β-unsaturated/α-hetero) is 1. The molecule has 88 valence electrons. The second-order valence-electron chi connectivity index (χ2n) is 3.79. The Morgan fingerprint density at radius 2 is 2.06 bits per heavy atom. The first-order valence-corrected chi connectivity index (χ1v) is 4.96. The maximum absolute atomic E-state index is 13.6. The Morgan fingerprint density at radius 1 is 1.35 bits per heavy atom. The lowest BCUT2D eigenvalue weighted by Crippen LogP contribution is -2.13. The van der Waals surface area contributed by atoms with Crippen LogP contribution >= 0.6 is 0 Å². The third kappa shape index (κ3) is 2.08. The summed E-state index contributed by atoms with van der Waals surface area (Å²) < 4.78 is 27.9. The number of carbonyl (C=O) groups excluding carboxylic acids is 1. The van der Waals surface area contributed by atoms with Gasteiger partial charge in [-0.3, -0.25) is 9.59 Å². The smallest absolute Gasteiger partial charge is 0.189 e. The molecule has 1 heterocycles. The first-order valence-electron chi connectivity index (χ1n) is 4.96. The molecule has 0 saturated carbocycles. The number of hydrogen-bond donors (Lipinski definition) is 0. The zero-order valence-corrected chi connectivity index (χ0v) is 9.04. The lowest BCUT2D eigenvalue weighted by molar-refractivity contribution is -0.117. The van der Waals surface area contributed by atoms with Crippen molar-refractivity contribution in [2.24, 2.45) is 0 Å². The highest BCUT2D eigenvalue weighted by Crippen LogP contribution is 2.16. The number of pyridine rings is 1. The van der Waals surface area contributed by atoms with Crippen molar-refractivity contribution in [1.29, 1.82) is 0 Å². The van der Waals surface area contributed by atoms with E-state index in [0.717, 1.165) is 6.07 Å². The summed E-state index contributed by atoms with van der Waals surface area (Å²) in [6.45, 7) is 1.30. The Balaban J connectivity index is 2.84. The van der Waals surface area contributed by atoms with Gasteiger partial charge in [0.05, 0.1) is 17.4 Å². The molecule has 0 aliphatic rings. The van der Waals surface area contributed by atoms with Crippen LogP contribution in [0.2, 0.25) is 0 Å². The predicted octanol–water partition coefficient (Wildman–Crippen LogP) is 1.87. The van der Waals surface area contributed by atoms with Gasteiger partial charge in [-0.05, 0) is 13.0 Å². The summed E-state index contributed by atoms with van der Waals surface area (Å²) in [6, 6.07) is 2.85. The van der Waals surface area contributed by atoms with Crippen molar-refractivity contribution in [3.05, 3.63) is 46.3 Å². The second kappa shape index (κ2) is 4.08. The molecule has 2 aromatic rings. The molecule has 1 aromatic heterocycles. The van der Waals surface area contributed by atoms with E-state index in [2.05, 4.69) is 0 Å². The fourth-order valence-electron chi connectivity index (χ4n) is 1.74. The van der Waals surface area contributed by atoms with Crippen LogP contribution in [0.15, 0.2) is 29.2 Å². The van der Waals surface area contributed by atoms with E-state index in [-0.39, 0.29) is 23.2 Å². The van der Waals surface area contributed by atoms with Crippen molar-refractivity contribution >= 4 is 16.7 Å². The summed E-state index contributed by atoms with van der Waals surface area (Å²) in [4.78, 5) is 22.5. The molecule has 0 radical (unpaired) electrons. The Morgan fingerprint density at radius 3 is 2.71 bits per heavy atom. The van der Waals surface area contributed by atoms with E-state index in [1.807, 2.05) is 0 Å². The van der Waals surface area contributed by atoms with Gasteiger partial charge in [0.25, 0.3) is 0 Å². The van der Waals surface area contributed by atoms with Gasteiger partial charge in [-0.2, -0.15) is 0 Å². The highest BCUT2D eigenvalue weighted by molar-refractivity contribution is 5.82. The second-order valence-corrected chi connectivity index (χ2v) is 3.79. The van der Waals surface area contributed by atoms with Gasteiger partial charge in [0.1, 0.15) is 11.6 Å². The highest BCUT2D eigenvalue weighted by Gasteiger charge is 2.11. The van der Waals surface area contributed by atoms with Gasteiger partial charge in [0.15, 0.2) is 11.2 Å². The Kier molecular flexibility index (Phi) is 2.75. The number of carbonyl (C=O) groups is 1. The van der Waals surface area contributed by atoms with Crippen LogP contribution in [0.4, 0.5) is 8.78 Å². The summed E-state index contributed by atoms with van der Waals surface area (Å²) in [5.74, 6) is -1.84. The summed E-state index contributed by atoms with van der Waals surface area (Å²) in [7, 11) is 0. The van der Waals surface area contributed by atoms with Crippen molar-refractivity contribution in [1.82, 2.24) is 4.57 Å². The Bertz CT molecular complexity index is 661. The minimum atomic E-state index is -0.848. The van der Waals surface area contributed by atoms with Gasteiger partial charge in [-0.15, -0.1) is 0 Å². The monoisotopic (exact) mass is 237 g/mol. The number of ketones is 1. The van der Waals surface area contributed by atoms with Crippen molar-refractivity contribution in [3.8, 4) is 0 Å². The minimum Gasteiger partial charge on any atom is -0.337 e. The number of hydrogen-bond acceptors (Lipinski definition) is 2. The van der Waals surface area contributed by atoms with Gasteiger partial charge >= 0.3 is 0 Å².